The smallest absolute Gasteiger partial charge is 0.222 e. The fourth-order valence-corrected chi connectivity index (χ4v) is 3.49. The molecular formula is C21H26FN3O3. The number of nitrogens with one attached hydrogen (secondary N) is 1. The zero-order valence-electron chi connectivity index (χ0n) is 16.6. The Morgan fingerprint density at radius 2 is 2.18 bits per heavy atom. The number of hydrogen-bond donors (Lipinski definition) is 2. The molecular weight excluding hydrogens is 361 g/mol. The average molecular weight is 387 g/mol. The molecule has 0 radical (unpaired) electrons. The number of anilines is 1. The van der Waals surface area contributed by atoms with Crippen molar-refractivity contribution in [1.82, 2.24) is 4.98 Å². The monoisotopic (exact) mass is 387 g/mol. The number of hydrogen-bond acceptors (Lipinski definition) is 5. The van der Waals surface area contributed by atoms with E-state index in [0.29, 0.717) is 34.4 Å². The Balaban J connectivity index is 1.87. The van der Waals surface area contributed by atoms with Crippen LogP contribution in [0, 0.1) is 11.7 Å². The van der Waals surface area contributed by atoms with Crippen molar-refractivity contribution < 1.29 is 18.7 Å². The second-order valence-corrected chi connectivity index (χ2v) is 8.02. The number of nitrogens with zero attached hydrogens (tertiary/aromatic N) is 1. The van der Waals surface area contributed by atoms with Crippen LogP contribution in [0.15, 0.2) is 24.4 Å². The fraction of sp³-hybridized carbons (Fsp3) is 0.429. The average Bonchev–Trinajstić information content (AvgIpc) is 2.58. The van der Waals surface area contributed by atoms with Gasteiger partial charge in [-0.15, -0.1) is 0 Å². The number of rotatable bonds is 6. The van der Waals surface area contributed by atoms with Gasteiger partial charge in [-0.05, 0) is 25.3 Å². The van der Waals surface area contributed by atoms with Gasteiger partial charge in [-0.2, -0.15) is 0 Å². The first-order chi connectivity index (χ1) is 13.1. The first-order valence-electron chi connectivity index (χ1n) is 9.29. The standard InChI is InChI=1S/C21H26FN3O3/c1-12(2)8-21(4,23)11-28-15-5-17(22)20-16-7-19(25-13(3)26)24-9-14(16)10-27-18(20)6-15/h5-7,9,12H,8,10-11,23H2,1-4H3,(H,24,25,26). The van der Waals surface area contributed by atoms with Gasteiger partial charge in [-0.1, -0.05) is 13.8 Å². The predicted molar refractivity (Wildman–Crippen MR) is 106 cm³/mol. The Kier molecular flexibility index (Phi) is 5.56. The van der Waals surface area contributed by atoms with Gasteiger partial charge in [-0.25, -0.2) is 9.37 Å². The third-order valence-corrected chi connectivity index (χ3v) is 4.41. The van der Waals surface area contributed by atoms with Gasteiger partial charge in [0.1, 0.15) is 36.3 Å². The van der Waals surface area contributed by atoms with E-state index in [1.54, 1.807) is 18.3 Å². The first kappa shape index (κ1) is 20.1. The molecule has 3 N–H and O–H groups in total. The van der Waals surface area contributed by atoms with E-state index in [4.69, 9.17) is 15.2 Å². The topological polar surface area (TPSA) is 86.5 Å². The molecule has 1 aliphatic heterocycles. The van der Waals surface area contributed by atoms with Crippen LogP contribution in [-0.2, 0) is 11.4 Å². The summed E-state index contributed by atoms with van der Waals surface area (Å²) in [6, 6.07) is 4.66. The van der Waals surface area contributed by atoms with Crippen molar-refractivity contribution >= 4 is 11.7 Å². The zero-order valence-corrected chi connectivity index (χ0v) is 16.6. The number of ether oxygens (including phenoxy) is 2. The Morgan fingerprint density at radius 3 is 2.86 bits per heavy atom. The second kappa shape index (κ2) is 7.75. The van der Waals surface area contributed by atoms with E-state index in [1.807, 2.05) is 6.92 Å². The second-order valence-electron chi connectivity index (χ2n) is 8.02. The van der Waals surface area contributed by atoms with Crippen molar-refractivity contribution in [3.8, 4) is 22.6 Å². The maximum absolute atomic E-state index is 14.9. The minimum atomic E-state index is -0.507. The maximum atomic E-state index is 14.9. The van der Waals surface area contributed by atoms with Gasteiger partial charge in [0.25, 0.3) is 0 Å². The van der Waals surface area contributed by atoms with Crippen LogP contribution in [0.2, 0.25) is 0 Å². The summed E-state index contributed by atoms with van der Waals surface area (Å²) in [5, 5.41) is 2.62. The number of halogens is 1. The van der Waals surface area contributed by atoms with E-state index in [2.05, 4.69) is 24.1 Å². The van der Waals surface area contributed by atoms with Gasteiger partial charge in [-0.3, -0.25) is 4.79 Å². The van der Waals surface area contributed by atoms with Crippen LogP contribution in [0.3, 0.4) is 0 Å². The highest BCUT2D eigenvalue weighted by Gasteiger charge is 2.25. The lowest BCUT2D eigenvalue weighted by Crippen LogP contribution is -2.43. The van der Waals surface area contributed by atoms with Gasteiger partial charge >= 0.3 is 0 Å². The SMILES string of the molecule is CC(=O)Nc1cc2c(cn1)COc1cc(OCC(C)(N)CC(C)C)cc(F)c1-2. The summed E-state index contributed by atoms with van der Waals surface area (Å²) in [6.45, 7) is 8.05. The molecule has 6 nitrogen and oxygen atoms in total. The first-order valence-corrected chi connectivity index (χ1v) is 9.29. The van der Waals surface area contributed by atoms with Gasteiger partial charge < -0.3 is 20.5 Å². The molecule has 1 aliphatic rings. The van der Waals surface area contributed by atoms with E-state index < -0.39 is 11.4 Å². The lowest BCUT2D eigenvalue weighted by Gasteiger charge is -2.27. The van der Waals surface area contributed by atoms with Crippen molar-refractivity contribution in [2.75, 3.05) is 11.9 Å². The minimum absolute atomic E-state index is 0.241. The highest BCUT2D eigenvalue weighted by molar-refractivity contribution is 5.89. The van der Waals surface area contributed by atoms with E-state index in [1.165, 1.54) is 13.0 Å². The summed E-state index contributed by atoms with van der Waals surface area (Å²) in [4.78, 5) is 15.4. The minimum Gasteiger partial charge on any atom is -0.491 e. The Bertz CT molecular complexity index is 897. The molecule has 28 heavy (non-hydrogen) atoms. The number of pyridine rings is 1. The number of carbonyl (C=O) groups is 1. The normalized spacial score (nSPS) is 14.5. The van der Waals surface area contributed by atoms with Gasteiger partial charge in [0.2, 0.25) is 5.91 Å². The molecule has 150 valence electrons. The van der Waals surface area contributed by atoms with Crippen LogP contribution in [0.4, 0.5) is 10.2 Å². The molecule has 0 aliphatic carbocycles. The van der Waals surface area contributed by atoms with Crippen molar-refractivity contribution in [3.05, 3.63) is 35.8 Å². The van der Waals surface area contributed by atoms with Crippen LogP contribution >= 0.6 is 0 Å². The van der Waals surface area contributed by atoms with Crippen molar-refractivity contribution in [3.63, 3.8) is 0 Å². The zero-order chi connectivity index (χ0) is 20.5. The van der Waals surface area contributed by atoms with Gasteiger partial charge in [0.15, 0.2) is 0 Å². The highest BCUT2D eigenvalue weighted by atomic mass is 19.1. The maximum Gasteiger partial charge on any atom is 0.222 e. The lowest BCUT2D eigenvalue weighted by molar-refractivity contribution is -0.114. The number of fused-ring (bicyclic) bond motifs is 3. The highest BCUT2D eigenvalue weighted by Crippen LogP contribution is 2.42. The summed E-state index contributed by atoms with van der Waals surface area (Å²) in [7, 11) is 0. The molecule has 1 unspecified atom stereocenters. The molecule has 2 heterocycles. The van der Waals surface area contributed by atoms with Crippen molar-refractivity contribution in [1.29, 1.82) is 0 Å². The van der Waals surface area contributed by atoms with Crippen LogP contribution in [0.1, 0.15) is 39.7 Å². The van der Waals surface area contributed by atoms with Crippen molar-refractivity contribution in [2.24, 2.45) is 11.7 Å². The van der Waals surface area contributed by atoms with Gasteiger partial charge in [0, 0.05) is 41.9 Å². The van der Waals surface area contributed by atoms with Crippen LogP contribution < -0.4 is 20.5 Å². The molecule has 0 spiro atoms. The van der Waals surface area contributed by atoms with Crippen molar-refractivity contribution in [2.45, 2.75) is 46.3 Å². The van der Waals surface area contributed by atoms with E-state index in [9.17, 15) is 9.18 Å². The Morgan fingerprint density at radius 1 is 1.43 bits per heavy atom. The lowest BCUT2D eigenvalue weighted by atomic mass is 9.93. The number of benzene rings is 1. The Hall–Kier alpha value is -2.67. The molecule has 1 amide bonds. The fourth-order valence-electron chi connectivity index (χ4n) is 3.49. The molecule has 0 saturated carbocycles. The number of aromatic nitrogens is 1. The van der Waals surface area contributed by atoms with E-state index in [-0.39, 0.29) is 19.1 Å². The van der Waals surface area contributed by atoms with Crippen LogP contribution in [-0.4, -0.2) is 23.0 Å². The van der Waals surface area contributed by atoms with Gasteiger partial charge in [0.05, 0.1) is 5.56 Å². The predicted octanol–water partition coefficient (Wildman–Crippen LogP) is 3.88. The van der Waals surface area contributed by atoms with Crippen LogP contribution in [0.25, 0.3) is 11.1 Å². The largest absolute Gasteiger partial charge is 0.491 e. The summed E-state index contributed by atoms with van der Waals surface area (Å²) in [6.07, 6.45) is 2.38. The summed E-state index contributed by atoms with van der Waals surface area (Å²) >= 11 is 0. The van der Waals surface area contributed by atoms with Crippen LogP contribution in [0.5, 0.6) is 11.5 Å². The molecule has 0 bridgehead atoms. The van der Waals surface area contributed by atoms with E-state index in [0.717, 1.165) is 12.0 Å². The molecule has 0 saturated heterocycles. The quantitative estimate of drug-likeness (QED) is 0.785. The molecule has 2 aromatic rings. The molecule has 3 rings (SSSR count). The number of amides is 1. The third-order valence-electron chi connectivity index (χ3n) is 4.41. The Labute approximate surface area is 164 Å². The summed E-state index contributed by atoms with van der Waals surface area (Å²) < 4.78 is 26.4. The summed E-state index contributed by atoms with van der Waals surface area (Å²) in [5.41, 5.74) is 7.49. The summed E-state index contributed by atoms with van der Waals surface area (Å²) in [5.74, 6) is 0.865. The molecule has 1 aromatic heterocycles. The molecule has 7 heteroatoms. The third kappa shape index (κ3) is 4.59. The number of nitrogens with two attached hydrogens (primary N) is 1. The number of carbonyl (C=O) groups excluding carboxylic acids is 1. The molecule has 1 atom stereocenters. The molecule has 1 aromatic carbocycles. The van der Waals surface area contributed by atoms with E-state index >= 15 is 0 Å². The molecule has 0 fully saturated rings.